The van der Waals surface area contributed by atoms with Gasteiger partial charge in [-0.1, -0.05) is 53.7 Å². The van der Waals surface area contributed by atoms with Crippen molar-refractivity contribution in [3.63, 3.8) is 0 Å². The summed E-state index contributed by atoms with van der Waals surface area (Å²) in [7, 11) is 0. The van der Waals surface area contributed by atoms with Crippen LogP contribution in [0.1, 0.15) is 52.9 Å². The fourth-order valence-electron chi connectivity index (χ4n) is 2.16. The summed E-state index contributed by atoms with van der Waals surface area (Å²) in [4.78, 5) is 19.3. The van der Waals surface area contributed by atoms with Gasteiger partial charge in [-0.3, -0.25) is 10.1 Å². The Balaban J connectivity index is 2.46. The zero-order valence-electron chi connectivity index (χ0n) is 15.0. The van der Waals surface area contributed by atoms with Gasteiger partial charge in [0, 0.05) is 11.1 Å². The number of nitrogens with zero attached hydrogens (tertiary/aromatic N) is 3. The van der Waals surface area contributed by atoms with Gasteiger partial charge in [-0.25, -0.2) is 9.97 Å². The van der Waals surface area contributed by atoms with Crippen LogP contribution >= 0.6 is 0 Å². The van der Waals surface area contributed by atoms with Crippen molar-refractivity contribution in [3.8, 4) is 0 Å². The summed E-state index contributed by atoms with van der Waals surface area (Å²) in [6.07, 6.45) is 1.27. The number of rotatable bonds is 3. The van der Waals surface area contributed by atoms with Crippen molar-refractivity contribution in [2.24, 2.45) is 0 Å². The summed E-state index contributed by atoms with van der Waals surface area (Å²) >= 11 is 0. The van der Waals surface area contributed by atoms with E-state index in [0.29, 0.717) is 5.82 Å². The maximum Gasteiger partial charge on any atom is 0.329 e. The van der Waals surface area contributed by atoms with Crippen LogP contribution in [0.4, 0.5) is 17.2 Å². The van der Waals surface area contributed by atoms with Gasteiger partial charge >= 0.3 is 5.69 Å². The molecule has 1 aromatic heterocycles. The maximum absolute atomic E-state index is 11.3. The predicted molar refractivity (Wildman–Crippen MR) is 95.8 cm³/mol. The second-order valence-corrected chi connectivity index (χ2v) is 7.89. The largest absolute Gasteiger partial charge is 0.334 e. The maximum atomic E-state index is 11.3. The zero-order chi connectivity index (χ0) is 18.1. The fourth-order valence-corrected chi connectivity index (χ4v) is 2.16. The minimum atomic E-state index is -0.470. The topological polar surface area (TPSA) is 81.0 Å². The van der Waals surface area contributed by atoms with Gasteiger partial charge in [0.25, 0.3) is 0 Å². The second kappa shape index (κ2) is 6.19. The van der Waals surface area contributed by atoms with E-state index in [1.165, 1.54) is 6.20 Å². The van der Waals surface area contributed by atoms with Crippen LogP contribution in [0.5, 0.6) is 0 Å². The molecule has 6 heteroatoms. The molecule has 0 aliphatic rings. The molecule has 128 valence electrons. The van der Waals surface area contributed by atoms with Crippen molar-refractivity contribution in [1.82, 2.24) is 9.97 Å². The summed E-state index contributed by atoms with van der Waals surface area (Å²) in [5, 5.41) is 14.4. The van der Waals surface area contributed by atoms with Crippen LogP contribution in [0, 0.1) is 10.1 Å². The molecule has 0 aliphatic heterocycles. The Labute approximate surface area is 142 Å². The molecule has 0 bridgehead atoms. The smallest absolute Gasteiger partial charge is 0.329 e. The molecule has 0 fully saturated rings. The summed E-state index contributed by atoms with van der Waals surface area (Å²) < 4.78 is 0. The van der Waals surface area contributed by atoms with Gasteiger partial charge in [-0.05, 0) is 23.1 Å². The molecule has 0 saturated heterocycles. The third-order valence-corrected chi connectivity index (χ3v) is 3.63. The van der Waals surface area contributed by atoms with Crippen molar-refractivity contribution in [2.75, 3.05) is 5.32 Å². The van der Waals surface area contributed by atoms with Crippen molar-refractivity contribution in [3.05, 3.63) is 52.0 Å². The van der Waals surface area contributed by atoms with Crippen molar-refractivity contribution >= 4 is 17.2 Å². The molecule has 1 heterocycles. The minimum Gasteiger partial charge on any atom is -0.334 e. The Kier molecular flexibility index (Phi) is 4.60. The molecular weight excluding hydrogens is 304 g/mol. The Morgan fingerprint density at radius 3 is 2.29 bits per heavy atom. The van der Waals surface area contributed by atoms with E-state index >= 15 is 0 Å². The standard InChI is InChI=1S/C18H24N4O2/c1-17(2,3)12-8-7-9-13(10-12)20-15-14(22(23)24)11-19-16(21-15)18(4,5)6/h7-11H,1-6H3,(H,19,20,21). The van der Waals surface area contributed by atoms with Gasteiger partial charge < -0.3 is 5.32 Å². The van der Waals surface area contributed by atoms with Gasteiger partial charge in [0.2, 0.25) is 5.82 Å². The molecule has 24 heavy (non-hydrogen) atoms. The van der Waals surface area contributed by atoms with E-state index < -0.39 is 4.92 Å². The number of hydrogen-bond donors (Lipinski definition) is 1. The lowest BCUT2D eigenvalue weighted by molar-refractivity contribution is -0.384. The third kappa shape index (κ3) is 4.07. The van der Waals surface area contributed by atoms with E-state index in [9.17, 15) is 10.1 Å². The van der Waals surface area contributed by atoms with Crippen LogP contribution in [0.3, 0.4) is 0 Å². The van der Waals surface area contributed by atoms with Crippen molar-refractivity contribution in [1.29, 1.82) is 0 Å². The highest BCUT2D eigenvalue weighted by molar-refractivity contribution is 5.65. The SMILES string of the molecule is CC(C)(C)c1cccc(Nc2nc(C(C)(C)C)ncc2[N+](=O)[O-])c1. The highest BCUT2D eigenvalue weighted by Gasteiger charge is 2.24. The Hall–Kier alpha value is -2.50. The monoisotopic (exact) mass is 328 g/mol. The molecule has 2 aromatic rings. The number of benzene rings is 1. The Morgan fingerprint density at radius 2 is 1.75 bits per heavy atom. The molecule has 1 N–H and O–H groups in total. The number of nitrogens with one attached hydrogen (secondary N) is 1. The lowest BCUT2D eigenvalue weighted by atomic mass is 9.87. The molecular formula is C18H24N4O2. The molecule has 0 aliphatic carbocycles. The first-order valence-corrected chi connectivity index (χ1v) is 7.88. The number of anilines is 2. The van der Waals surface area contributed by atoms with Crippen LogP contribution in [0.25, 0.3) is 0 Å². The average Bonchev–Trinajstić information content (AvgIpc) is 2.45. The molecule has 0 atom stereocenters. The van der Waals surface area contributed by atoms with Gasteiger partial charge in [-0.15, -0.1) is 0 Å². The fraction of sp³-hybridized carbons (Fsp3) is 0.444. The van der Waals surface area contributed by atoms with E-state index in [2.05, 4.69) is 36.1 Å². The lowest BCUT2D eigenvalue weighted by Crippen LogP contribution is -2.17. The van der Waals surface area contributed by atoms with Gasteiger partial charge in [0.15, 0.2) is 0 Å². The number of nitro groups is 1. The lowest BCUT2D eigenvalue weighted by Gasteiger charge is -2.20. The summed E-state index contributed by atoms with van der Waals surface area (Å²) in [6, 6.07) is 7.83. The molecule has 2 rings (SSSR count). The van der Waals surface area contributed by atoms with Crippen molar-refractivity contribution < 1.29 is 4.92 Å². The van der Waals surface area contributed by atoms with Gasteiger partial charge in [0.05, 0.1) is 4.92 Å². The first-order valence-electron chi connectivity index (χ1n) is 7.88. The average molecular weight is 328 g/mol. The molecule has 0 unspecified atom stereocenters. The van der Waals surface area contributed by atoms with E-state index in [4.69, 9.17) is 0 Å². The summed E-state index contributed by atoms with van der Waals surface area (Å²) in [5.41, 5.74) is 1.47. The van der Waals surface area contributed by atoms with Gasteiger partial charge in [-0.2, -0.15) is 0 Å². The highest BCUT2D eigenvalue weighted by atomic mass is 16.6. The predicted octanol–water partition coefficient (Wildman–Crippen LogP) is 4.72. The first-order chi connectivity index (χ1) is 11.0. The summed E-state index contributed by atoms with van der Waals surface area (Å²) in [6.45, 7) is 12.3. The molecule has 0 amide bonds. The molecule has 1 aromatic carbocycles. The molecule has 0 radical (unpaired) electrons. The number of aromatic nitrogens is 2. The van der Waals surface area contributed by atoms with E-state index in [1.54, 1.807) is 0 Å². The van der Waals surface area contributed by atoms with Crippen molar-refractivity contribution in [2.45, 2.75) is 52.4 Å². The van der Waals surface area contributed by atoms with Gasteiger partial charge in [0.1, 0.15) is 12.0 Å². The Bertz CT molecular complexity index is 758. The van der Waals surface area contributed by atoms with E-state index in [0.717, 1.165) is 11.3 Å². The zero-order valence-corrected chi connectivity index (χ0v) is 15.0. The first kappa shape index (κ1) is 17.8. The van der Waals surface area contributed by atoms with Crippen LogP contribution in [0.2, 0.25) is 0 Å². The number of hydrogen-bond acceptors (Lipinski definition) is 5. The van der Waals surface area contributed by atoms with Crippen LogP contribution < -0.4 is 5.32 Å². The minimum absolute atomic E-state index is 0.00807. The normalized spacial score (nSPS) is 12.1. The third-order valence-electron chi connectivity index (χ3n) is 3.63. The van der Waals surface area contributed by atoms with Crippen LogP contribution in [-0.2, 0) is 10.8 Å². The molecule has 0 saturated carbocycles. The second-order valence-electron chi connectivity index (χ2n) is 7.89. The van der Waals surface area contributed by atoms with Crippen LogP contribution in [-0.4, -0.2) is 14.9 Å². The quantitative estimate of drug-likeness (QED) is 0.651. The summed E-state index contributed by atoms with van der Waals surface area (Å²) in [5.74, 6) is 0.772. The van der Waals surface area contributed by atoms with Crippen LogP contribution in [0.15, 0.2) is 30.5 Å². The van der Waals surface area contributed by atoms with E-state index in [-0.39, 0.29) is 22.3 Å². The highest BCUT2D eigenvalue weighted by Crippen LogP contribution is 2.30. The molecule has 6 nitrogen and oxygen atoms in total. The van der Waals surface area contributed by atoms with E-state index in [1.807, 2.05) is 45.0 Å². The molecule has 0 spiro atoms. The Morgan fingerprint density at radius 1 is 1.08 bits per heavy atom.